The fraction of sp³-hybridized carbons (Fsp3) is 0.167. The van der Waals surface area contributed by atoms with Crippen molar-refractivity contribution in [1.82, 2.24) is 9.13 Å². The summed E-state index contributed by atoms with van der Waals surface area (Å²) in [6.07, 6.45) is 1.28. The number of rotatable bonds is 2. The molecule has 0 unspecified atom stereocenters. The summed E-state index contributed by atoms with van der Waals surface area (Å²) in [5.41, 5.74) is 5.12. The predicted octanol–water partition coefficient (Wildman–Crippen LogP) is 1.08. The van der Waals surface area contributed by atoms with Gasteiger partial charge in [-0.15, -0.1) is 0 Å². The van der Waals surface area contributed by atoms with Gasteiger partial charge in [0.15, 0.2) is 0 Å². The van der Waals surface area contributed by atoms with E-state index in [-0.39, 0.29) is 16.7 Å². The molecular weight excluding hydrogens is 317 g/mol. The van der Waals surface area contributed by atoms with Gasteiger partial charge in [0.05, 0.1) is 11.0 Å². The number of nitrogens with two attached hydrogens (primary N) is 1. The summed E-state index contributed by atoms with van der Waals surface area (Å²) in [6, 6.07) is 4.29. The molecule has 0 radical (unpaired) electrons. The van der Waals surface area contributed by atoms with Crippen molar-refractivity contribution in [2.24, 2.45) is 7.05 Å². The van der Waals surface area contributed by atoms with Crippen LogP contribution in [0.3, 0.4) is 0 Å². The van der Waals surface area contributed by atoms with Gasteiger partial charge >= 0.3 is 5.69 Å². The summed E-state index contributed by atoms with van der Waals surface area (Å²) >= 11 is 3.05. The van der Waals surface area contributed by atoms with Gasteiger partial charge in [-0.2, -0.15) is 0 Å². The molecule has 7 heteroatoms. The van der Waals surface area contributed by atoms with Crippen molar-refractivity contribution >= 4 is 21.6 Å². The van der Waals surface area contributed by atoms with Gasteiger partial charge in [-0.3, -0.25) is 9.36 Å². The molecule has 0 aliphatic rings. The van der Waals surface area contributed by atoms with Crippen LogP contribution in [-0.2, 0) is 13.6 Å². The minimum Gasteiger partial charge on any atom is -0.393 e. The molecular formula is C12H11BrFN3O2. The van der Waals surface area contributed by atoms with E-state index in [0.29, 0.717) is 5.56 Å². The standard InChI is InChI=1S/C12H11BrFN3O2/c1-16-6-10(15)11(18)17(12(16)19)5-7-2-3-9(14)8(13)4-7/h2-4,6H,5,15H2,1H3. The molecule has 19 heavy (non-hydrogen) atoms. The van der Waals surface area contributed by atoms with Crippen molar-refractivity contribution in [3.05, 3.63) is 61.1 Å². The third-order valence-electron chi connectivity index (χ3n) is 2.68. The van der Waals surface area contributed by atoms with Gasteiger partial charge in [0.1, 0.15) is 11.5 Å². The van der Waals surface area contributed by atoms with E-state index >= 15 is 0 Å². The highest BCUT2D eigenvalue weighted by atomic mass is 79.9. The number of nitrogens with zero attached hydrogens (tertiary/aromatic N) is 2. The van der Waals surface area contributed by atoms with Crippen LogP contribution in [0.15, 0.2) is 38.5 Å². The largest absolute Gasteiger partial charge is 0.393 e. The second-order valence-electron chi connectivity index (χ2n) is 4.12. The number of nitrogen functional groups attached to an aromatic ring is 1. The summed E-state index contributed by atoms with van der Waals surface area (Å²) in [4.78, 5) is 23.7. The number of benzene rings is 1. The molecule has 0 amide bonds. The number of anilines is 1. The quantitative estimate of drug-likeness (QED) is 0.897. The lowest BCUT2D eigenvalue weighted by Crippen LogP contribution is -2.39. The van der Waals surface area contributed by atoms with Gasteiger partial charge in [0.2, 0.25) is 0 Å². The van der Waals surface area contributed by atoms with Crippen LogP contribution in [0, 0.1) is 5.82 Å². The van der Waals surface area contributed by atoms with Gasteiger partial charge in [0, 0.05) is 13.2 Å². The molecule has 1 aromatic heterocycles. The molecule has 0 saturated carbocycles. The van der Waals surface area contributed by atoms with E-state index in [1.165, 1.54) is 36.0 Å². The van der Waals surface area contributed by atoms with E-state index in [1.807, 2.05) is 0 Å². The summed E-state index contributed by atoms with van der Waals surface area (Å²) in [6.45, 7) is 0.0371. The Kier molecular flexibility index (Phi) is 3.57. The Labute approximate surface area is 116 Å². The van der Waals surface area contributed by atoms with Gasteiger partial charge in [-0.25, -0.2) is 9.18 Å². The normalized spacial score (nSPS) is 10.7. The lowest BCUT2D eigenvalue weighted by atomic mass is 10.2. The summed E-state index contributed by atoms with van der Waals surface area (Å²) in [5, 5.41) is 0. The molecule has 100 valence electrons. The van der Waals surface area contributed by atoms with Crippen LogP contribution >= 0.6 is 15.9 Å². The smallest absolute Gasteiger partial charge is 0.331 e. The average Bonchev–Trinajstić information content (AvgIpc) is 2.36. The Hall–Kier alpha value is -1.89. The molecule has 0 bridgehead atoms. The third kappa shape index (κ3) is 2.60. The molecule has 1 aromatic carbocycles. The van der Waals surface area contributed by atoms with E-state index in [4.69, 9.17) is 5.73 Å². The summed E-state index contributed by atoms with van der Waals surface area (Å²) < 4.78 is 15.6. The summed E-state index contributed by atoms with van der Waals surface area (Å²) in [5.74, 6) is -0.406. The maximum atomic E-state index is 13.1. The van der Waals surface area contributed by atoms with Crippen molar-refractivity contribution in [2.45, 2.75) is 6.54 Å². The highest BCUT2D eigenvalue weighted by molar-refractivity contribution is 9.10. The molecule has 2 rings (SSSR count). The molecule has 0 aliphatic carbocycles. The number of hydrogen-bond donors (Lipinski definition) is 1. The maximum Gasteiger partial charge on any atom is 0.331 e. The first-order valence-electron chi connectivity index (χ1n) is 5.40. The molecule has 0 atom stereocenters. The Morgan fingerprint density at radius 2 is 2.05 bits per heavy atom. The van der Waals surface area contributed by atoms with Crippen molar-refractivity contribution in [3.63, 3.8) is 0 Å². The zero-order valence-electron chi connectivity index (χ0n) is 10.1. The lowest BCUT2D eigenvalue weighted by Gasteiger charge is -2.09. The van der Waals surface area contributed by atoms with E-state index < -0.39 is 17.1 Å². The Balaban J connectivity index is 2.52. The first-order valence-corrected chi connectivity index (χ1v) is 6.19. The molecule has 2 N–H and O–H groups in total. The van der Waals surface area contributed by atoms with Gasteiger partial charge < -0.3 is 10.3 Å². The minimum atomic E-state index is -0.552. The van der Waals surface area contributed by atoms with Crippen molar-refractivity contribution in [2.75, 3.05) is 5.73 Å². The van der Waals surface area contributed by atoms with Crippen LogP contribution in [-0.4, -0.2) is 9.13 Å². The Bertz CT molecular complexity index is 717. The number of aryl methyl sites for hydroxylation is 1. The number of hydrogen-bond acceptors (Lipinski definition) is 3. The van der Waals surface area contributed by atoms with Crippen molar-refractivity contribution in [1.29, 1.82) is 0 Å². The molecule has 5 nitrogen and oxygen atoms in total. The second kappa shape index (κ2) is 5.00. The molecule has 0 spiro atoms. The predicted molar refractivity (Wildman–Crippen MR) is 73.6 cm³/mol. The fourth-order valence-electron chi connectivity index (χ4n) is 1.71. The fourth-order valence-corrected chi connectivity index (χ4v) is 2.14. The zero-order valence-corrected chi connectivity index (χ0v) is 11.6. The molecule has 0 aliphatic heterocycles. The topological polar surface area (TPSA) is 70.0 Å². The van der Waals surface area contributed by atoms with E-state index in [9.17, 15) is 14.0 Å². The minimum absolute atomic E-state index is 0.0109. The van der Waals surface area contributed by atoms with E-state index in [1.54, 1.807) is 0 Å². The summed E-state index contributed by atoms with van der Waals surface area (Å²) in [7, 11) is 1.51. The van der Waals surface area contributed by atoms with E-state index in [2.05, 4.69) is 15.9 Å². The van der Waals surface area contributed by atoms with Crippen LogP contribution < -0.4 is 17.0 Å². The van der Waals surface area contributed by atoms with Crippen LogP contribution in [0.25, 0.3) is 0 Å². The Morgan fingerprint density at radius 1 is 1.37 bits per heavy atom. The average molecular weight is 328 g/mol. The highest BCUT2D eigenvalue weighted by Crippen LogP contribution is 2.17. The van der Waals surface area contributed by atoms with Gasteiger partial charge in [-0.05, 0) is 33.6 Å². The van der Waals surface area contributed by atoms with Crippen LogP contribution in [0.1, 0.15) is 5.56 Å². The molecule has 0 saturated heterocycles. The van der Waals surface area contributed by atoms with Crippen LogP contribution in [0.2, 0.25) is 0 Å². The third-order valence-corrected chi connectivity index (χ3v) is 3.29. The maximum absolute atomic E-state index is 13.1. The van der Waals surface area contributed by atoms with E-state index in [0.717, 1.165) is 4.57 Å². The zero-order chi connectivity index (χ0) is 14.2. The van der Waals surface area contributed by atoms with Crippen LogP contribution in [0.4, 0.5) is 10.1 Å². The van der Waals surface area contributed by atoms with Crippen molar-refractivity contribution < 1.29 is 4.39 Å². The lowest BCUT2D eigenvalue weighted by molar-refractivity contribution is 0.615. The van der Waals surface area contributed by atoms with Crippen LogP contribution in [0.5, 0.6) is 0 Å². The monoisotopic (exact) mass is 327 g/mol. The second-order valence-corrected chi connectivity index (χ2v) is 4.97. The highest BCUT2D eigenvalue weighted by Gasteiger charge is 2.09. The number of halogens is 2. The first kappa shape index (κ1) is 13.5. The molecule has 1 heterocycles. The van der Waals surface area contributed by atoms with Crippen molar-refractivity contribution in [3.8, 4) is 0 Å². The van der Waals surface area contributed by atoms with Gasteiger partial charge in [-0.1, -0.05) is 6.07 Å². The molecule has 0 fully saturated rings. The SMILES string of the molecule is Cn1cc(N)c(=O)n(Cc2ccc(F)c(Br)c2)c1=O. The first-order chi connectivity index (χ1) is 8.90. The van der Waals surface area contributed by atoms with Gasteiger partial charge in [0.25, 0.3) is 5.56 Å². The Morgan fingerprint density at radius 3 is 2.68 bits per heavy atom. The number of aromatic nitrogens is 2. The molecule has 2 aromatic rings.